The highest BCUT2D eigenvalue weighted by Crippen LogP contribution is 2.41. The maximum atomic E-state index is 14.8. The van der Waals surface area contributed by atoms with E-state index >= 15 is 0 Å². The number of hydrogen-bond acceptors (Lipinski definition) is 7. The van der Waals surface area contributed by atoms with Crippen LogP contribution in [-0.4, -0.2) is 56.3 Å². The lowest BCUT2D eigenvalue weighted by molar-refractivity contribution is -0.131. The molecule has 40 heavy (non-hydrogen) atoms. The minimum atomic E-state index is -0.898. The predicted molar refractivity (Wildman–Crippen MR) is 153 cm³/mol. The Hall–Kier alpha value is -3.14. The number of rotatable bonds is 9. The van der Waals surface area contributed by atoms with Crippen LogP contribution >= 0.6 is 23.2 Å². The molecule has 2 aliphatic heterocycles. The number of ether oxygens (including phenoxy) is 2. The number of anilines is 2. The number of benzene rings is 2. The summed E-state index contributed by atoms with van der Waals surface area (Å²) in [5.41, 5.74) is -0.238. The van der Waals surface area contributed by atoms with Gasteiger partial charge in [0.25, 0.3) is 0 Å². The van der Waals surface area contributed by atoms with E-state index in [2.05, 4.69) is 21.9 Å². The van der Waals surface area contributed by atoms with Gasteiger partial charge in [-0.25, -0.2) is 14.4 Å². The van der Waals surface area contributed by atoms with Gasteiger partial charge in [-0.2, -0.15) is 0 Å². The first-order valence-electron chi connectivity index (χ1n) is 13.2. The van der Waals surface area contributed by atoms with E-state index in [1.807, 2.05) is 4.90 Å². The van der Waals surface area contributed by atoms with E-state index in [0.29, 0.717) is 47.5 Å². The number of aliphatic hydroxyl groups is 1. The summed E-state index contributed by atoms with van der Waals surface area (Å²) in [6.07, 6.45) is 6.21. The Morgan fingerprint density at radius 2 is 1.95 bits per heavy atom. The molecule has 0 saturated carbocycles. The standard InChI is InChI=1S/C29H31Cl2FN4O4/c1-4-25(37)36-16-5-6-17(36)12-18(11-16)40-24-13-19-22(14-23(24)39-10-9-29(2,3)38)33-15-34-28(19)35-21-8-7-20(30)26(31)27(21)32/h4,7-8,13-18,38H,1,5-6,9-12H2,2-3H3,(H,33,34,35)/t16-,17+,18?. The summed E-state index contributed by atoms with van der Waals surface area (Å²) >= 11 is 12.0. The molecule has 0 radical (unpaired) electrons. The van der Waals surface area contributed by atoms with Gasteiger partial charge in [-0.3, -0.25) is 4.79 Å². The molecule has 5 rings (SSSR count). The molecule has 11 heteroatoms. The lowest BCUT2D eigenvalue weighted by atomic mass is 9.99. The minimum absolute atomic E-state index is 0.0466. The summed E-state index contributed by atoms with van der Waals surface area (Å²) in [5.74, 6) is 0.555. The first-order valence-corrected chi connectivity index (χ1v) is 14.0. The van der Waals surface area contributed by atoms with Crippen molar-refractivity contribution >= 4 is 51.5 Å². The largest absolute Gasteiger partial charge is 0.490 e. The highest BCUT2D eigenvalue weighted by Gasteiger charge is 2.43. The molecule has 1 amide bonds. The van der Waals surface area contributed by atoms with Crippen LogP contribution in [0.25, 0.3) is 10.9 Å². The Labute approximate surface area is 242 Å². The van der Waals surface area contributed by atoms with Crippen LogP contribution in [0.15, 0.2) is 43.2 Å². The maximum absolute atomic E-state index is 14.8. The fraction of sp³-hybridized carbons (Fsp3) is 0.414. The number of carbonyl (C=O) groups excluding carboxylic acids is 1. The van der Waals surface area contributed by atoms with Crippen LogP contribution in [0.2, 0.25) is 10.0 Å². The highest BCUT2D eigenvalue weighted by molar-refractivity contribution is 6.42. The van der Waals surface area contributed by atoms with Crippen molar-refractivity contribution < 1.29 is 23.8 Å². The van der Waals surface area contributed by atoms with Crippen LogP contribution in [-0.2, 0) is 4.79 Å². The number of fused-ring (bicyclic) bond motifs is 3. The molecule has 2 aromatic carbocycles. The molecule has 3 aromatic rings. The number of nitrogens with zero attached hydrogens (tertiary/aromatic N) is 3. The third kappa shape index (κ3) is 5.96. The van der Waals surface area contributed by atoms with Gasteiger partial charge in [0.2, 0.25) is 5.91 Å². The van der Waals surface area contributed by atoms with Gasteiger partial charge in [0.1, 0.15) is 18.2 Å². The molecule has 2 bridgehead atoms. The SMILES string of the molecule is C=CC(=O)N1[C@@H]2CC[C@H]1CC(Oc1cc3c(Nc4ccc(Cl)c(Cl)c4F)ncnc3cc1OCCC(C)(C)O)C2. The molecule has 212 valence electrons. The van der Waals surface area contributed by atoms with E-state index < -0.39 is 11.4 Å². The van der Waals surface area contributed by atoms with Gasteiger partial charge in [0.05, 0.1) is 33.5 Å². The Morgan fingerprint density at radius 3 is 2.62 bits per heavy atom. The van der Waals surface area contributed by atoms with Gasteiger partial charge in [0.15, 0.2) is 17.3 Å². The first kappa shape index (κ1) is 28.4. The zero-order valence-electron chi connectivity index (χ0n) is 22.3. The number of aromatic nitrogens is 2. The maximum Gasteiger partial charge on any atom is 0.246 e. The number of halogens is 3. The molecule has 2 saturated heterocycles. The smallest absolute Gasteiger partial charge is 0.246 e. The van der Waals surface area contributed by atoms with E-state index in [-0.39, 0.29) is 46.4 Å². The summed E-state index contributed by atoms with van der Waals surface area (Å²) < 4.78 is 27.4. The van der Waals surface area contributed by atoms with E-state index in [1.54, 1.807) is 26.0 Å². The van der Waals surface area contributed by atoms with Crippen LogP contribution in [0.4, 0.5) is 15.9 Å². The molecule has 3 atom stereocenters. The molecular formula is C29H31Cl2FN4O4. The molecule has 0 aliphatic carbocycles. The van der Waals surface area contributed by atoms with Gasteiger partial charge in [-0.05, 0) is 51.0 Å². The Kier molecular flexibility index (Phi) is 8.08. The molecular weight excluding hydrogens is 558 g/mol. The van der Waals surface area contributed by atoms with E-state index in [0.717, 1.165) is 12.8 Å². The molecule has 2 N–H and O–H groups in total. The van der Waals surface area contributed by atoms with Crippen LogP contribution in [0.5, 0.6) is 11.5 Å². The molecule has 0 spiro atoms. The van der Waals surface area contributed by atoms with Crippen molar-refractivity contribution in [1.29, 1.82) is 0 Å². The van der Waals surface area contributed by atoms with Gasteiger partial charge >= 0.3 is 0 Å². The number of nitrogens with one attached hydrogen (secondary N) is 1. The van der Waals surface area contributed by atoms with Crippen LogP contribution in [0.3, 0.4) is 0 Å². The van der Waals surface area contributed by atoms with Crippen molar-refractivity contribution in [2.24, 2.45) is 0 Å². The van der Waals surface area contributed by atoms with Crippen molar-refractivity contribution in [3.63, 3.8) is 0 Å². The molecule has 3 heterocycles. The average molecular weight is 589 g/mol. The molecule has 2 aliphatic rings. The normalized spacial score (nSPS) is 20.4. The van der Waals surface area contributed by atoms with Crippen molar-refractivity contribution in [3.8, 4) is 11.5 Å². The molecule has 1 aromatic heterocycles. The minimum Gasteiger partial charge on any atom is -0.490 e. The topological polar surface area (TPSA) is 96.8 Å². The Morgan fingerprint density at radius 1 is 1.23 bits per heavy atom. The van der Waals surface area contributed by atoms with Gasteiger partial charge in [-0.15, -0.1) is 0 Å². The predicted octanol–water partition coefficient (Wildman–Crippen LogP) is 6.45. The monoisotopic (exact) mass is 588 g/mol. The quantitative estimate of drug-likeness (QED) is 0.219. The second-order valence-corrected chi connectivity index (χ2v) is 11.6. The van der Waals surface area contributed by atoms with Gasteiger partial charge in [-0.1, -0.05) is 29.8 Å². The summed E-state index contributed by atoms with van der Waals surface area (Å²) in [5, 5.41) is 13.7. The highest BCUT2D eigenvalue weighted by atomic mass is 35.5. The molecule has 8 nitrogen and oxygen atoms in total. The zero-order valence-corrected chi connectivity index (χ0v) is 23.8. The lowest BCUT2D eigenvalue weighted by Crippen LogP contribution is -2.48. The van der Waals surface area contributed by atoms with Crippen molar-refractivity contribution in [2.75, 3.05) is 11.9 Å². The lowest BCUT2D eigenvalue weighted by Gasteiger charge is -2.38. The van der Waals surface area contributed by atoms with Crippen LogP contribution < -0.4 is 14.8 Å². The number of hydrogen-bond donors (Lipinski definition) is 2. The fourth-order valence-electron chi connectivity index (χ4n) is 5.40. The van der Waals surface area contributed by atoms with Gasteiger partial charge in [0, 0.05) is 42.8 Å². The Balaban J connectivity index is 1.47. The summed E-state index contributed by atoms with van der Waals surface area (Å²) in [4.78, 5) is 23.1. The van der Waals surface area contributed by atoms with E-state index in [4.69, 9.17) is 32.7 Å². The van der Waals surface area contributed by atoms with Gasteiger partial charge < -0.3 is 24.8 Å². The summed E-state index contributed by atoms with van der Waals surface area (Å²) in [7, 11) is 0. The number of amides is 1. The fourth-order valence-corrected chi connectivity index (χ4v) is 5.71. The summed E-state index contributed by atoms with van der Waals surface area (Å²) in [6, 6.07) is 6.68. The van der Waals surface area contributed by atoms with Crippen LogP contribution in [0.1, 0.15) is 46.0 Å². The van der Waals surface area contributed by atoms with Crippen molar-refractivity contribution in [3.05, 3.63) is 59.1 Å². The number of piperidine rings is 1. The molecule has 1 unspecified atom stereocenters. The second-order valence-electron chi connectivity index (χ2n) is 10.8. The van der Waals surface area contributed by atoms with Crippen molar-refractivity contribution in [1.82, 2.24) is 14.9 Å². The average Bonchev–Trinajstić information content (AvgIpc) is 3.18. The zero-order chi connectivity index (χ0) is 28.6. The first-order chi connectivity index (χ1) is 19.0. The number of carbonyl (C=O) groups is 1. The van der Waals surface area contributed by atoms with Crippen LogP contribution in [0, 0.1) is 5.82 Å². The molecule has 2 fully saturated rings. The Bertz CT molecular complexity index is 1430. The van der Waals surface area contributed by atoms with E-state index in [9.17, 15) is 14.3 Å². The third-order valence-electron chi connectivity index (χ3n) is 7.37. The third-order valence-corrected chi connectivity index (χ3v) is 8.15. The van der Waals surface area contributed by atoms with Crippen molar-refractivity contribution in [2.45, 2.75) is 69.7 Å². The second kappa shape index (κ2) is 11.4. The van der Waals surface area contributed by atoms with E-state index in [1.165, 1.54) is 24.5 Å². The summed E-state index contributed by atoms with van der Waals surface area (Å²) in [6.45, 7) is 7.34.